The predicted octanol–water partition coefficient (Wildman–Crippen LogP) is 4.60. The van der Waals surface area contributed by atoms with Crippen molar-refractivity contribution in [2.45, 2.75) is 27.3 Å². The molecule has 0 unspecified atom stereocenters. The van der Waals surface area contributed by atoms with Crippen LogP contribution in [0.1, 0.15) is 28.3 Å². The maximum absolute atomic E-state index is 12.5. The number of benzene rings is 1. The fourth-order valence-corrected chi connectivity index (χ4v) is 2.98. The minimum Gasteiger partial charge on any atom is -0.467 e. The molecule has 3 rings (SSSR count). The second-order valence-corrected chi connectivity index (χ2v) is 6.43. The van der Waals surface area contributed by atoms with Gasteiger partial charge in [0, 0.05) is 17.1 Å². The molecule has 0 fully saturated rings. The number of anilines is 1. The molecule has 0 bridgehead atoms. The zero-order valence-corrected chi connectivity index (χ0v) is 15.6. The molecular formula is C22H21N3O2. The highest BCUT2D eigenvalue weighted by atomic mass is 16.3. The molecule has 2 aromatic heterocycles. The Morgan fingerprint density at radius 2 is 2.00 bits per heavy atom. The fourth-order valence-electron chi connectivity index (χ4n) is 2.98. The first-order valence-corrected chi connectivity index (χ1v) is 8.67. The molecule has 0 radical (unpaired) electrons. The number of carbonyl (C=O) groups excluding carboxylic acids is 1. The third kappa shape index (κ3) is 4.01. The van der Waals surface area contributed by atoms with Crippen molar-refractivity contribution in [3.8, 4) is 6.07 Å². The van der Waals surface area contributed by atoms with Crippen molar-refractivity contribution in [1.29, 1.82) is 5.26 Å². The van der Waals surface area contributed by atoms with Gasteiger partial charge >= 0.3 is 0 Å². The van der Waals surface area contributed by atoms with E-state index < -0.39 is 5.91 Å². The molecule has 0 saturated heterocycles. The number of aryl methyl sites for hydroxylation is 2. The number of nitrogens with one attached hydrogen (secondary N) is 1. The Hall–Kier alpha value is -3.52. The standard InChI is InChI=1S/C22H21N3O2/c1-15-7-4-5-9-21(15)24-22(26)19(13-23)12-18-11-16(2)25(17(18)3)14-20-8-6-10-27-20/h4-12H,14H2,1-3H3,(H,24,26)/b19-12+. The number of hydrogen-bond donors (Lipinski definition) is 1. The summed E-state index contributed by atoms with van der Waals surface area (Å²) in [6, 6.07) is 15.2. The SMILES string of the molecule is Cc1ccccc1NC(=O)/C(C#N)=C/c1cc(C)n(Cc2ccco2)c1C. The summed E-state index contributed by atoms with van der Waals surface area (Å²) in [5.41, 5.74) is 4.56. The van der Waals surface area contributed by atoms with Crippen LogP contribution < -0.4 is 5.32 Å². The molecule has 5 nitrogen and oxygen atoms in total. The van der Waals surface area contributed by atoms with Crippen LogP contribution in [0, 0.1) is 32.1 Å². The first-order chi connectivity index (χ1) is 13.0. The highest BCUT2D eigenvalue weighted by Crippen LogP contribution is 2.21. The van der Waals surface area contributed by atoms with Crippen LogP contribution in [0.4, 0.5) is 5.69 Å². The normalized spacial score (nSPS) is 11.3. The van der Waals surface area contributed by atoms with E-state index in [1.54, 1.807) is 12.3 Å². The Morgan fingerprint density at radius 1 is 1.22 bits per heavy atom. The van der Waals surface area contributed by atoms with Crippen LogP contribution >= 0.6 is 0 Å². The second kappa shape index (κ2) is 7.79. The Morgan fingerprint density at radius 3 is 2.67 bits per heavy atom. The number of hydrogen-bond acceptors (Lipinski definition) is 3. The first kappa shape index (κ1) is 18.3. The zero-order valence-electron chi connectivity index (χ0n) is 15.6. The molecule has 0 aliphatic carbocycles. The van der Waals surface area contributed by atoms with E-state index in [4.69, 9.17) is 4.42 Å². The van der Waals surface area contributed by atoms with E-state index in [2.05, 4.69) is 9.88 Å². The van der Waals surface area contributed by atoms with Crippen LogP contribution in [-0.2, 0) is 11.3 Å². The van der Waals surface area contributed by atoms with E-state index in [1.807, 2.05) is 69.3 Å². The van der Waals surface area contributed by atoms with Gasteiger partial charge in [0.2, 0.25) is 0 Å². The molecule has 1 N–H and O–H groups in total. The lowest BCUT2D eigenvalue weighted by atomic mass is 10.1. The van der Waals surface area contributed by atoms with Crippen LogP contribution in [0.2, 0.25) is 0 Å². The number of nitriles is 1. The highest BCUT2D eigenvalue weighted by molar-refractivity contribution is 6.10. The monoisotopic (exact) mass is 359 g/mol. The van der Waals surface area contributed by atoms with Crippen molar-refractivity contribution < 1.29 is 9.21 Å². The number of rotatable bonds is 5. The van der Waals surface area contributed by atoms with E-state index in [0.717, 1.165) is 28.3 Å². The van der Waals surface area contributed by atoms with Gasteiger partial charge in [0.05, 0.1) is 12.8 Å². The summed E-state index contributed by atoms with van der Waals surface area (Å²) in [5.74, 6) is 0.438. The quantitative estimate of drug-likeness (QED) is 0.534. The van der Waals surface area contributed by atoms with Gasteiger partial charge in [-0.2, -0.15) is 5.26 Å². The molecule has 0 aliphatic rings. The van der Waals surface area contributed by atoms with Crippen LogP contribution in [0.15, 0.2) is 58.7 Å². The molecule has 27 heavy (non-hydrogen) atoms. The molecular weight excluding hydrogens is 338 g/mol. The Bertz CT molecular complexity index is 1030. The van der Waals surface area contributed by atoms with Gasteiger partial charge in [0.25, 0.3) is 5.91 Å². The molecule has 0 atom stereocenters. The highest BCUT2D eigenvalue weighted by Gasteiger charge is 2.14. The molecule has 1 aromatic carbocycles. The number of para-hydroxylation sites is 1. The maximum atomic E-state index is 12.5. The van der Waals surface area contributed by atoms with Gasteiger partial charge in [-0.3, -0.25) is 4.79 Å². The van der Waals surface area contributed by atoms with Gasteiger partial charge in [0.1, 0.15) is 17.4 Å². The van der Waals surface area contributed by atoms with Crippen LogP contribution in [-0.4, -0.2) is 10.5 Å². The van der Waals surface area contributed by atoms with Gasteiger partial charge in [-0.05, 0) is 62.2 Å². The average Bonchev–Trinajstić information content (AvgIpc) is 3.25. The van der Waals surface area contributed by atoms with E-state index in [0.29, 0.717) is 12.2 Å². The molecule has 1 amide bonds. The van der Waals surface area contributed by atoms with Crippen molar-refractivity contribution in [2.75, 3.05) is 5.32 Å². The molecule has 136 valence electrons. The van der Waals surface area contributed by atoms with Crippen LogP contribution in [0.3, 0.4) is 0 Å². The van der Waals surface area contributed by atoms with Crippen molar-refractivity contribution >= 4 is 17.7 Å². The first-order valence-electron chi connectivity index (χ1n) is 8.67. The van der Waals surface area contributed by atoms with Gasteiger partial charge in [0.15, 0.2) is 0 Å². The smallest absolute Gasteiger partial charge is 0.266 e. The van der Waals surface area contributed by atoms with Gasteiger partial charge in [-0.25, -0.2) is 0 Å². The summed E-state index contributed by atoms with van der Waals surface area (Å²) < 4.78 is 7.52. The average molecular weight is 359 g/mol. The van der Waals surface area contributed by atoms with E-state index >= 15 is 0 Å². The fraction of sp³-hybridized carbons (Fsp3) is 0.182. The van der Waals surface area contributed by atoms with Crippen LogP contribution in [0.5, 0.6) is 0 Å². The molecule has 0 aliphatic heterocycles. The predicted molar refractivity (Wildman–Crippen MR) is 105 cm³/mol. The lowest BCUT2D eigenvalue weighted by molar-refractivity contribution is -0.112. The number of furan rings is 1. The molecule has 0 saturated carbocycles. The van der Waals surface area contributed by atoms with Gasteiger partial charge < -0.3 is 14.3 Å². The summed E-state index contributed by atoms with van der Waals surface area (Å²) in [6.07, 6.45) is 3.28. The largest absolute Gasteiger partial charge is 0.467 e. The number of amides is 1. The number of nitrogens with zero attached hydrogens (tertiary/aromatic N) is 2. The number of carbonyl (C=O) groups is 1. The third-order valence-electron chi connectivity index (χ3n) is 4.57. The summed E-state index contributed by atoms with van der Waals surface area (Å²) in [7, 11) is 0. The Labute approximate surface area is 158 Å². The second-order valence-electron chi connectivity index (χ2n) is 6.43. The third-order valence-corrected chi connectivity index (χ3v) is 4.57. The van der Waals surface area contributed by atoms with Crippen molar-refractivity contribution in [1.82, 2.24) is 4.57 Å². The molecule has 5 heteroatoms. The van der Waals surface area contributed by atoms with Crippen molar-refractivity contribution in [2.24, 2.45) is 0 Å². The molecule has 3 aromatic rings. The molecule has 2 heterocycles. The number of aromatic nitrogens is 1. The Balaban J connectivity index is 1.86. The van der Waals surface area contributed by atoms with E-state index in [-0.39, 0.29) is 5.57 Å². The summed E-state index contributed by atoms with van der Waals surface area (Å²) in [6.45, 7) is 6.48. The van der Waals surface area contributed by atoms with Crippen LogP contribution in [0.25, 0.3) is 6.08 Å². The topological polar surface area (TPSA) is 71.0 Å². The summed E-state index contributed by atoms with van der Waals surface area (Å²) in [5, 5.41) is 12.3. The lowest BCUT2D eigenvalue weighted by Gasteiger charge is -2.08. The van der Waals surface area contributed by atoms with Gasteiger partial charge in [-0.1, -0.05) is 18.2 Å². The van der Waals surface area contributed by atoms with Crippen molar-refractivity contribution in [3.05, 3.63) is 82.6 Å². The summed E-state index contributed by atoms with van der Waals surface area (Å²) >= 11 is 0. The lowest BCUT2D eigenvalue weighted by Crippen LogP contribution is -2.14. The Kier molecular flexibility index (Phi) is 5.28. The van der Waals surface area contributed by atoms with E-state index in [1.165, 1.54) is 0 Å². The maximum Gasteiger partial charge on any atom is 0.266 e. The minimum absolute atomic E-state index is 0.0662. The summed E-state index contributed by atoms with van der Waals surface area (Å²) in [4.78, 5) is 12.5. The zero-order chi connectivity index (χ0) is 19.4. The van der Waals surface area contributed by atoms with Crippen molar-refractivity contribution in [3.63, 3.8) is 0 Å². The minimum atomic E-state index is -0.414. The van der Waals surface area contributed by atoms with E-state index in [9.17, 15) is 10.1 Å². The van der Waals surface area contributed by atoms with Gasteiger partial charge in [-0.15, -0.1) is 0 Å². The molecule has 0 spiro atoms.